The molecule has 1 heterocycles. The second-order valence-corrected chi connectivity index (χ2v) is 4.65. The fourth-order valence-corrected chi connectivity index (χ4v) is 2.43. The Morgan fingerprint density at radius 1 is 1.35 bits per heavy atom. The van der Waals surface area contributed by atoms with Crippen molar-refractivity contribution in [3.8, 4) is 0 Å². The summed E-state index contributed by atoms with van der Waals surface area (Å²) in [6.07, 6.45) is 0. The molecule has 1 amide bonds. The van der Waals surface area contributed by atoms with E-state index in [9.17, 15) is 4.79 Å². The average molecular weight is 233 g/mol. The number of nitrogens with two attached hydrogens (primary N) is 1. The maximum absolute atomic E-state index is 12.1. The third-order valence-corrected chi connectivity index (χ3v) is 3.36. The molecule has 17 heavy (non-hydrogen) atoms. The van der Waals surface area contributed by atoms with Gasteiger partial charge in [-0.25, -0.2) is 0 Å². The van der Waals surface area contributed by atoms with E-state index in [-0.39, 0.29) is 11.9 Å². The van der Waals surface area contributed by atoms with E-state index < -0.39 is 0 Å². The molecule has 1 unspecified atom stereocenters. The fourth-order valence-electron chi connectivity index (χ4n) is 2.43. The van der Waals surface area contributed by atoms with Crippen LogP contribution in [-0.2, 0) is 4.79 Å². The first-order valence-corrected chi connectivity index (χ1v) is 5.87. The quantitative estimate of drug-likeness (QED) is 0.824. The minimum atomic E-state index is -0.201. The zero-order valence-corrected chi connectivity index (χ0v) is 10.6. The van der Waals surface area contributed by atoms with Gasteiger partial charge in [0.05, 0.1) is 0 Å². The summed E-state index contributed by atoms with van der Waals surface area (Å²) in [6, 6.07) is 3.91. The first-order valence-electron chi connectivity index (χ1n) is 5.87. The van der Waals surface area contributed by atoms with E-state index in [0.29, 0.717) is 13.1 Å². The van der Waals surface area contributed by atoms with Crippen molar-refractivity contribution in [2.45, 2.75) is 19.9 Å². The Morgan fingerprint density at radius 2 is 2.00 bits per heavy atom. The summed E-state index contributed by atoms with van der Waals surface area (Å²) in [5, 5.41) is 2.97. The third kappa shape index (κ3) is 1.94. The van der Waals surface area contributed by atoms with Crippen LogP contribution < -0.4 is 11.1 Å². The molecule has 1 aliphatic rings. The number of nitrogens with zero attached hydrogens (tertiary/aromatic N) is 1. The van der Waals surface area contributed by atoms with Crippen molar-refractivity contribution < 1.29 is 4.79 Å². The van der Waals surface area contributed by atoms with Gasteiger partial charge in [-0.15, -0.1) is 0 Å². The summed E-state index contributed by atoms with van der Waals surface area (Å²) in [5.74, 6) is 0.0494. The highest BCUT2D eigenvalue weighted by atomic mass is 16.2. The number of carbonyl (C=O) groups is 1. The van der Waals surface area contributed by atoms with Gasteiger partial charge in [0.25, 0.3) is 0 Å². The highest BCUT2D eigenvalue weighted by Crippen LogP contribution is 2.38. The highest BCUT2D eigenvalue weighted by Gasteiger charge is 2.35. The number of benzene rings is 1. The number of hydrogen-bond acceptors (Lipinski definition) is 3. The van der Waals surface area contributed by atoms with Crippen molar-refractivity contribution in [1.29, 1.82) is 0 Å². The minimum Gasteiger partial charge on any atom is -0.329 e. The Morgan fingerprint density at radius 3 is 2.65 bits per heavy atom. The Balaban J connectivity index is 2.46. The van der Waals surface area contributed by atoms with Crippen LogP contribution in [0.1, 0.15) is 22.7 Å². The second kappa shape index (κ2) is 4.47. The van der Waals surface area contributed by atoms with Crippen molar-refractivity contribution in [3.63, 3.8) is 0 Å². The Hall–Kier alpha value is -1.39. The molecule has 0 aromatic heterocycles. The monoisotopic (exact) mass is 233 g/mol. The molecule has 0 fully saturated rings. The molecule has 0 radical (unpaired) electrons. The zero-order valence-electron chi connectivity index (χ0n) is 10.6. The molecule has 0 bridgehead atoms. The van der Waals surface area contributed by atoms with Gasteiger partial charge in [-0.05, 0) is 32.0 Å². The SMILES string of the molecule is Cc1ccc(C)c2c1NC(=O)C2N(C)CCN. The van der Waals surface area contributed by atoms with Gasteiger partial charge in [-0.2, -0.15) is 0 Å². The molecule has 0 spiro atoms. The lowest BCUT2D eigenvalue weighted by molar-refractivity contribution is -0.120. The number of fused-ring (bicyclic) bond motifs is 1. The summed E-state index contributed by atoms with van der Waals surface area (Å²) in [6.45, 7) is 5.33. The molecule has 1 aromatic rings. The van der Waals surface area contributed by atoms with Gasteiger partial charge in [-0.1, -0.05) is 12.1 Å². The molecule has 0 aliphatic carbocycles. The molecular formula is C13H19N3O. The van der Waals surface area contributed by atoms with E-state index in [1.807, 2.05) is 31.9 Å². The van der Waals surface area contributed by atoms with Gasteiger partial charge in [0, 0.05) is 24.3 Å². The number of anilines is 1. The lowest BCUT2D eigenvalue weighted by atomic mass is 9.98. The number of carbonyl (C=O) groups excluding carboxylic acids is 1. The molecule has 3 N–H and O–H groups in total. The van der Waals surface area contributed by atoms with Crippen molar-refractivity contribution in [2.24, 2.45) is 5.73 Å². The van der Waals surface area contributed by atoms with Crippen molar-refractivity contribution in [3.05, 3.63) is 28.8 Å². The Kier molecular flexibility index (Phi) is 3.17. The van der Waals surface area contributed by atoms with Crippen LogP contribution in [0.15, 0.2) is 12.1 Å². The highest BCUT2D eigenvalue weighted by molar-refractivity contribution is 6.03. The lowest BCUT2D eigenvalue weighted by Crippen LogP contribution is -2.34. The van der Waals surface area contributed by atoms with Gasteiger partial charge in [0.1, 0.15) is 6.04 Å². The fraction of sp³-hybridized carbons (Fsp3) is 0.462. The van der Waals surface area contributed by atoms with Gasteiger partial charge < -0.3 is 11.1 Å². The molecular weight excluding hydrogens is 214 g/mol. The van der Waals surface area contributed by atoms with E-state index in [0.717, 1.165) is 22.4 Å². The molecule has 1 aliphatic heterocycles. The van der Waals surface area contributed by atoms with Crippen molar-refractivity contribution >= 4 is 11.6 Å². The number of hydrogen-bond donors (Lipinski definition) is 2. The standard InChI is InChI=1S/C13H19N3O/c1-8-4-5-9(2)11-10(8)12(13(17)15-11)16(3)7-6-14/h4-5,12H,6-7,14H2,1-3H3,(H,15,17). The second-order valence-electron chi connectivity index (χ2n) is 4.65. The number of nitrogens with one attached hydrogen (secondary N) is 1. The Bertz CT molecular complexity index is 456. The molecule has 1 aromatic carbocycles. The molecule has 4 nitrogen and oxygen atoms in total. The number of aryl methyl sites for hydroxylation is 2. The molecule has 0 saturated heterocycles. The zero-order chi connectivity index (χ0) is 12.6. The van der Waals surface area contributed by atoms with E-state index >= 15 is 0 Å². The molecule has 0 saturated carbocycles. The van der Waals surface area contributed by atoms with E-state index in [1.54, 1.807) is 0 Å². The molecule has 4 heteroatoms. The van der Waals surface area contributed by atoms with E-state index in [2.05, 4.69) is 11.4 Å². The summed E-state index contributed by atoms with van der Waals surface area (Å²) >= 11 is 0. The van der Waals surface area contributed by atoms with Gasteiger partial charge in [-0.3, -0.25) is 9.69 Å². The maximum atomic E-state index is 12.1. The summed E-state index contributed by atoms with van der Waals surface area (Å²) in [4.78, 5) is 14.1. The van der Waals surface area contributed by atoms with E-state index in [1.165, 1.54) is 0 Å². The number of likely N-dealkylation sites (N-methyl/N-ethyl adjacent to an activating group) is 1. The molecule has 2 rings (SSSR count). The molecule has 1 atom stereocenters. The summed E-state index contributed by atoms with van der Waals surface area (Å²) in [5.41, 5.74) is 9.90. The van der Waals surface area contributed by atoms with Crippen LogP contribution in [0, 0.1) is 13.8 Å². The van der Waals surface area contributed by atoms with Gasteiger partial charge in [0.2, 0.25) is 5.91 Å². The van der Waals surface area contributed by atoms with Gasteiger partial charge in [0.15, 0.2) is 0 Å². The normalized spacial score (nSPS) is 18.4. The average Bonchev–Trinajstić information content (AvgIpc) is 2.63. The predicted molar refractivity (Wildman–Crippen MR) is 69.0 cm³/mol. The molecule has 92 valence electrons. The van der Waals surface area contributed by atoms with Crippen molar-refractivity contribution in [2.75, 3.05) is 25.5 Å². The third-order valence-electron chi connectivity index (χ3n) is 3.36. The minimum absolute atomic E-state index is 0.0494. The largest absolute Gasteiger partial charge is 0.329 e. The Labute approximate surface area is 102 Å². The van der Waals surface area contributed by atoms with E-state index in [4.69, 9.17) is 5.73 Å². The summed E-state index contributed by atoms with van der Waals surface area (Å²) in [7, 11) is 1.94. The first kappa shape index (κ1) is 12.1. The van der Waals surface area contributed by atoms with Crippen LogP contribution in [0.4, 0.5) is 5.69 Å². The predicted octanol–water partition coefficient (Wildman–Crippen LogP) is 1.19. The van der Waals surface area contributed by atoms with Crippen LogP contribution in [0.2, 0.25) is 0 Å². The smallest absolute Gasteiger partial charge is 0.246 e. The van der Waals surface area contributed by atoms with Crippen LogP contribution in [0.3, 0.4) is 0 Å². The first-order chi connectivity index (χ1) is 8.06. The van der Waals surface area contributed by atoms with Crippen LogP contribution in [0.5, 0.6) is 0 Å². The lowest BCUT2D eigenvalue weighted by Gasteiger charge is -2.23. The summed E-state index contributed by atoms with van der Waals surface area (Å²) < 4.78 is 0. The van der Waals surface area contributed by atoms with Crippen molar-refractivity contribution in [1.82, 2.24) is 4.90 Å². The van der Waals surface area contributed by atoms with Crippen LogP contribution in [0.25, 0.3) is 0 Å². The topological polar surface area (TPSA) is 58.4 Å². The van der Waals surface area contributed by atoms with Crippen LogP contribution in [-0.4, -0.2) is 30.9 Å². The maximum Gasteiger partial charge on any atom is 0.246 e. The number of rotatable bonds is 3. The van der Waals surface area contributed by atoms with Crippen LogP contribution >= 0.6 is 0 Å². The number of amides is 1. The van der Waals surface area contributed by atoms with Gasteiger partial charge >= 0.3 is 0 Å².